The zero-order valence-electron chi connectivity index (χ0n) is 13.7. The summed E-state index contributed by atoms with van der Waals surface area (Å²) in [6.07, 6.45) is 6.62. The summed E-state index contributed by atoms with van der Waals surface area (Å²) in [6.45, 7) is 1.77. The van der Waals surface area contributed by atoms with Crippen LogP contribution in [0.1, 0.15) is 49.0 Å². The summed E-state index contributed by atoms with van der Waals surface area (Å²) in [7, 11) is -3.21. The van der Waals surface area contributed by atoms with Gasteiger partial charge in [0.2, 0.25) is 10.0 Å². The summed E-state index contributed by atoms with van der Waals surface area (Å²) in [5.74, 6) is -0.0923. The van der Waals surface area contributed by atoms with E-state index in [9.17, 15) is 13.2 Å². The van der Waals surface area contributed by atoms with E-state index in [0.717, 1.165) is 38.5 Å². The fourth-order valence-electron chi connectivity index (χ4n) is 4.20. The van der Waals surface area contributed by atoms with Crippen molar-refractivity contribution in [3.8, 4) is 0 Å². The van der Waals surface area contributed by atoms with Crippen LogP contribution in [0.5, 0.6) is 0 Å². The first kappa shape index (κ1) is 16.0. The summed E-state index contributed by atoms with van der Waals surface area (Å²) in [5, 5.41) is -0.186. The SMILES string of the molecule is O=C(c1ccccn1)N1CCCC2(CCCN2S(=O)(=O)C2CC2)C1. The molecule has 1 unspecified atom stereocenters. The van der Waals surface area contributed by atoms with Crippen LogP contribution in [0.3, 0.4) is 0 Å². The Bertz CT molecular complexity index is 733. The molecule has 0 N–H and O–H groups in total. The molecule has 3 fully saturated rings. The van der Waals surface area contributed by atoms with E-state index in [1.54, 1.807) is 33.6 Å². The molecule has 130 valence electrons. The number of rotatable bonds is 3. The van der Waals surface area contributed by atoms with Crippen LogP contribution in [0, 0.1) is 0 Å². The normalized spacial score (nSPS) is 28.4. The van der Waals surface area contributed by atoms with Crippen LogP contribution < -0.4 is 0 Å². The van der Waals surface area contributed by atoms with E-state index < -0.39 is 15.6 Å². The predicted octanol–water partition coefficient (Wildman–Crippen LogP) is 1.64. The number of carbonyl (C=O) groups excluding carboxylic acids is 1. The number of aromatic nitrogens is 1. The van der Waals surface area contributed by atoms with Gasteiger partial charge in [0.05, 0.1) is 10.8 Å². The lowest BCUT2D eigenvalue weighted by Crippen LogP contribution is -2.58. The van der Waals surface area contributed by atoms with Gasteiger partial charge in [0, 0.05) is 25.8 Å². The lowest BCUT2D eigenvalue weighted by atomic mass is 9.87. The Morgan fingerprint density at radius 2 is 1.92 bits per heavy atom. The third-order valence-corrected chi connectivity index (χ3v) is 8.01. The summed E-state index contributed by atoms with van der Waals surface area (Å²) >= 11 is 0. The van der Waals surface area contributed by atoms with E-state index in [-0.39, 0.29) is 11.2 Å². The number of nitrogens with zero attached hydrogens (tertiary/aromatic N) is 3. The molecule has 1 aliphatic carbocycles. The van der Waals surface area contributed by atoms with E-state index in [2.05, 4.69) is 4.98 Å². The van der Waals surface area contributed by atoms with Crippen molar-refractivity contribution in [3.63, 3.8) is 0 Å². The number of carbonyl (C=O) groups is 1. The fourth-order valence-corrected chi connectivity index (χ4v) is 6.46. The molecule has 1 amide bonds. The van der Waals surface area contributed by atoms with Gasteiger partial charge in [-0.25, -0.2) is 8.42 Å². The average Bonchev–Trinajstić information content (AvgIpc) is 3.39. The summed E-state index contributed by atoms with van der Waals surface area (Å²) in [4.78, 5) is 18.7. The fraction of sp³-hybridized carbons (Fsp3) is 0.647. The highest BCUT2D eigenvalue weighted by atomic mass is 32.2. The predicted molar refractivity (Wildman–Crippen MR) is 90.0 cm³/mol. The molecule has 4 rings (SSSR count). The highest BCUT2D eigenvalue weighted by Crippen LogP contribution is 2.43. The minimum atomic E-state index is -3.21. The number of hydrogen-bond acceptors (Lipinski definition) is 4. The van der Waals surface area contributed by atoms with Crippen LogP contribution in [-0.4, -0.2) is 58.9 Å². The van der Waals surface area contributed by atoms with E-state index in [1.807, 2.05) is 0 Å². The minimum absolute atomic E-state index is 0.0923. The van der Waals surface area contributed by atoms with Gasteiger partial charge >= 0.3 is 0 Å². The Labute approximate surface area is 142 Å². The maximum absolute atomic E-state index is 12.8. The van der Waals surface area contributed by atoms with Crippen molar-refractivity contribution in [2.45, 2.75) is 49.3 Å². The van der Waals surface area contributed by atoms with Gasteiger partial charge in [-0.05, 0) is 50.7 Å². The Morgan fingerprint density at radius 1 is 1.17 bits per heavy atom. The zero-order valence-corrected chi connectivity index (χ0v) is 14.5. The van der Waals surface area contributed by atoms with Gasteiger partial charge in [0.1, 0.15) is 5.69 Å². The van der Waals surface area contributed by atoms with Crippen LogP contribution in [0.15, 0.2) is 24.4 Å². The highest BCUT2D eigenvalue weighted by Gasteiger charge is 2.53. The van der Waals surface area contributed by atoms with Crippen molar-refractivity contribution in [1.29, 1.82) is 0 Å². The second-order valence-corrected chi connectivity index (χ2v) is 9.33. The van der Waals surface area contributed by atoms with Crippen LogP contribution in [0.2, 0.25) is 0 Å². The summed E-state index contributed by atoms with van der Waals surface area (Å²) in [5.41, 5.74) is 0.0357. The van der Waals surface area contributed by atoms with Crippen molar-refractivity contribution in [1.82, 2.24) is 14.2 Å². The van der Waals surface area contributed by atoms with E-state index in [0.29, 0.717) is 25.3 Å². The van der Waals surface area contributed by atoms with Crippen molar-refractivity contribution in [2.24, 2.45) is 0 Å². The second-order valence-electron chi connectivity index (χ2n) is 7.19. The third kappa shape index (κ3) is 2.63. The second kappa shape index (κ2) is 5.81. The van der Waals surface area contributed by atoms with Gasteiger partial charge in [0.15, 0.2) is 0 Å². The number of piperidine rings is 1. The molecule has 1 aromatic rings. The molecule has 3 aliphatic rings. The maximum atomic E-state index is 12.8. The van der Waals surface area contributed by atoms with Crippen LogP contribution in [-0.2, 0) is 10.0 Å². The molecule has 1 saturated carbocycles. The topological polar surface area (TPSA) is 70.6 Å². The lowest BCUT2D eigenvalue weighted by Gasteiger charge is -2.45. The Morgan fingerprint density at radius 3 is 2.58 bits per heavy atom. The largest absolute Gasteiger partial charge is 0.335 e. The van der Waals surface area contributed by atoms with Crippen LogP contribution in [0.25, 0.3) is 0 Å². The zero-order chi connectivity index (χ0) is 16.8. The molecule has 0 bridgehead atoms. The van der Waals surface area contributed by atoms with Crippen molar-refractivity contribution in [3.05, 3.63) is 30.1 Å². The number of sulfonamides is 1. The molecule has 7 heteroatoms. The van der Waals surface area contributed by atoms with E-state index >= 15 is 0 Å². The number of pyridine rings is 1. The molecule has 0 aromatic carbocycles. The molecule has 1 spiro atoms. The Kier molecular flexibility index (Phi) is 3.88. The number of amides is 1. The van der Waals surface area contributed by atoms with Gasteiger partial charge in [0.25, 0.3) is 5.91 Å². The first-order valence-corrected chi connectivity index (χ1v) is 10.3. The molecule has 2 saturated heterocycles. The molecule has 24 heavy (non-hydrogen) atoms. The maximum Gasteiger partial charge on any atom is 0.272 e. The molecule has 1 aromatic heterocycles. The quantitative estimate of drug-likeness (QED) is 0.832. The van der Waals surface area contributed by atoms with E-state index in [1.165, 1.54) is 0 Å². The van der Waals surface area contributed by atoms with Gasteiger partial charge in [-0.3, -0.25) is 9.78 Å². The third-order valence-electron chi connectivity index (χ3n) is 5.51. The van der Waals surface area contributed by atoms with Gasteiger partial charge in [-0.15, -0.1) is 0 Å². The van der Waals surface area contributed by atoms with Crippen molar-refractivity contribution in [2.75, 3.05) is 19.6 Å². The van der Waals surface area contributed by atoms with Gasteiger partial charge in [-0.2, -0.15) is 4.31 Å². The first-order chi connectivity index (χ1) is 11.5. The number of hydrogen-bond donors (Lipinski definition) is 0. The smallest absolute Gasteiger partial charge is 0.272 e. The van der Waals surface area contributed by atoms with Crippen molar-refractivity contribution < 1.29 is 13.2 Å². The lowest BCUT2D eigenvalue weighted by molar-refractivity contribution is 0.0518. The molecular weight excluding hydrogens is 326 g/mol. The summed E-state index contributed by atoms with van der Waals surface area (Å²) < 4.78 is 27.4. The molecule has 2 aliphatic heterocycles. The summed E-state index contributed by atoms with van der Waals surface area (Å²) in [6, 6.07) is 5.31. The van der Waals surface area contributed by atoms with E-state index in [4.69, 9.17) is 0 Å². The van der Waals surface area contributed by atoms with Gasteiger partial charge in [-0.1, -0.05) is 6.07 Å². The highest BCUT2D eigenvalue weighted by molar-refractivity contribution is 7.90. The Balaban J connectivity index is 1.58. The molecule has 3 heterocycles. The number of likely N-dealkylation sites (tertiary alicyclic amines) is 1. The Hall–Kier alpha value is -1.47. The van der Waals surface area contributed by atoms with Crippen LogP contribution >= 0.6 is 0 Å². The van der Waals surface area contributed by atoms with Gasteiger partial charge < -0.3 is 4.90 Å². The molecule has 1 atom stereocenters. The standard InChI is InChI=1S/C17H23N3O3S/c21-16(15-5-1-2-10-18-15)19-11-3-8-17(13-19)9-4-12-20(17)24(22,23)14-6-7-14/h1-2,5,10,14H,3-4,6-9,11-13H2. The average molecular weight is 349 g/mol. The van der Waals surface area contributed by atoms with Crippen LogP contribution in [0.4, 0.5) is 0 Å². The molecule has 6 nitrogen and oxygen atoms in total. The molecule has 0 radical (unpaired) electrons. The molecular formula is C17H23N3O3S. The van der Waals surface area contributed by atoms with Crippen molar-refractivity contribution >= 4 is 15.9 Å². The minimum Gasteiger partial charge on any atom is -0.335 e. The monoisotopic (exact) mass is 349 g/mol. The first-order valence-electron chi connectivity index (χ1n) is 8.75.